The van der Waals surface area contributed by atoms with Gasteiger partial charge >= 0.3 is 11.4 Å². The number of fused-ring (bicyclic) bond motifs is 2. The van der Waals surface area contributed by atoms with Crippen LogP contribution < -0.4 is 21.4 Å². The van der Waals surface area contributed by atoms with E-state index in [1.165, 1.54) is 30.3 Å². The van der Waals surface area contributed by atoms with E-state index in [9.17, 15) is 22.8 Å². The highest BCUT2D eigenvalue weighted by atomic mass is 32.2. The smallest absolute Gasteiger partial charge is 0.322 e. The first kappa shape index (κ1) is 20.3. The monoisotopic (exact) mass is 464 g/mol. The van der Waals surface area contributed by atoms with Crippen molar-refractivity contribution in [3.63, 3.8) is 0 Å². The molecule has 0 saturated heterocycles. The van der Waals surface area contributed by atoms with E-state index in [2.05, 4.69) is 30.0 Å². The molecule has 2 heterocycles. The highest BCUT2D eigenvalue weighted by molar-refractivity contribution is 7.92. The number of anilines is 2. The number of hydrogen-bond donors (Lipinski definition) is 6. The molecule has 0 aliphatic heterocycles. The van der Waals surface area contributed by atoms with E-state index in [-0.39, 0.29) is 21.8 Å². The zero-order chi connectivity index (χ0) is 23.2. The SMILES string of the molecule is O=C(Nc1ccc2[nH]c(=O)[nH]c2c1)c1ccccc1NS(=O)(=O)c1ccc2[nH]c(=O)[nH]c2c1. The number of aromatic nitrogens is 4. The summed E-state index contributed by atoms with van der Waals surface area (Å²) in [5.74, 6) is -0.545. The van der Waals surface area contributed by atoms with Gasteiger partial charge in [-0.1, -0.05) is 12.1 Å². The second-order valence-electron chi connectivity index (χ2n) is 7.23. The van der Waals surface area contributed by atoms with Gasteiger partial charge in [0.25, 0.3) is 15.9 Å². The molecule has 0 fully saturated rings. The van der Waals surface area contributed by atoms with Crippen LogP contribution in [0.15, 0.2) is 75.1 Å². The minimum absolute atomic E-state index is 0.0776. The van der Waals surface area contributed by atoms with E-state index >= 15 is 0 Å². The molecule has 3 aromatic carbocycles. The lowest BCUT2D eigenvalue weighted by Crippen LogP contribution is -2.18. The molecular weight excluding hydrogens is 448 g/mol. The van der Waals surface area contributed by atoms with Crippen LogP contribution in [0, 0.1) is 0 Å². The molecule has 0 bridgehead atoms. The molecule has 0 radical (unpaired) electrons. The van der Waals surface area contributed by atoms with Gasteiger partial charge in [0.1, 0.15) is 0 Å². The Kier molecular flexibility index (Phi) is 4.64. The van der Waals surface area contributed by atoms with Gasteiger partial charge in [0.2, 0.25) is 0 Å². The van der Waals surface area contributed by atoms with Crippen LogP contribution >= 0.6 is 0 Å². The van der Waals surface area contributed by atoms with Crippen molar-refractivity contribution in [2.24, 2.45) is 0 Å². The Morgan fingerprint density at radius 2 is 1.33 bits per heavy atom. The molecule has 12 heteroatoms. The predicted octanol–water partition coefficient (Wildman–Crippen LogP) is 2.08. The van der Waals surface area contributed by atoms with E-state index in [1.807, 2.05) is 0 Å². The van der Waals surface area contributed by atoms with Gasteiger partial charge in [-0.05, 0) is 48.5 Å². The molecule has 166 valence electrons. The zero-order valence-corrected chi connectivity index (χ0v) is 17.5. The summed E-state index contributed by atoms with van der Waals surface area (Å²) < 4.78 is 28.3. The van der Waals surface area contributed by atoms with Crippen molar-refractivity contribution >= 4 is 49.4 Å². The van der Waals surface area contributed by atoms with Crippen LogP contribution in [0.1, 0.15) is 10.4 Å². The number of H-pyrrole nitrogens is 4. The molecular formula is C21H16N6O5S. The van der Waals surface area contributed by atoms with Crippen LogP contribution in [0.25, 0.3) is 22.1 Å². The lowest BCUT2D eigenvalue weighted by atomic mass is 10.1. The number of hydrogen-bond acceptors (Lipinski definition) is 5. The van der Waals surface area contributed by atoms with Crippen LogP contribution in [0.2, 0.25) is 0 Å². The predicted molar refractivity (Wildman–Crippen MR) is 123 cm³/mol. The number of imidazole rings is 2. The maximum atomic E-state index is 13.0. The second kappa shape index (κ2) is 7.53. The third-order valence-electron chi connectivity index (χ3n) is 4.99. The Morgan fingerprint density at radius 3 is 2.06 bits per heavy atom. The summed E-state index contributed by atoms with van der Waals surface area (Å²) in [6, 6.07) is 15.1. The number of sulfonamides is 1. The Morgan fingerprint density at radius 1 is 0.727 bits per heavy atom. The fourth-order valence-corrected chi connectivity index (χ4v) is 4.57. The van der Waals surface area contributed by atoms with Crippen molar-refractivity contribution in [1.29, 1.82) is 0 Å². The van der Waals surface area contributed by atoms with E-state index < -0.39 is 21.6 Å². The summed E-state index contributed by atoms with van der Waals surface area (Å²) in [5.41, 5.74) is 1.70. The van der Waals surface area contributed by atoms with Gasteiger partial charge in [-0.2, -0.15) is 0 Å². The number of benzene rings is 3. The Bertz CT molecular complexity index is 1760. The molecule has 0 unspecified atom stereocenters. The summed E-state index contributed by atoms with van der Waals surface area (Å²) in [5, 5.41) is 2.70. The Balaban J connectivity index is 1.43. The van der Waals surface area contributed by atoms with E-state index in [0.717, 1.165) is 0 Å². The van der Waals surface area contributed by atoms with Crippen molar-refractivity contribution in [1.82, 2.24) is 19.9 Å². The molecule has 0 saturated carbocycles. The van der Waals surface area contributed by atoms with Crippen LogP contribution in [-0.4, -0.2) is 34.3 Å². The van der Waals surface area contributed by atoms with Crippen LogP contribution in [0.3, 0.4) is 0 Å². The van der Waals surface area contributed by atoms with Gasteiger partial charge in [0, 0.05) is 5.69 Å². The largest absolute Gasteiger partial charge is 0.323 e. The van der Waals surface area contributed by atoms with Crippen molar-refractivity contribution < 1.29 is 13.2 Å². The summed E-state index contributed by atoms with van der Waals surface area (Å²) in [6.07, 6.45) is 0. The molecule has 0 aliphatic carbocycles. The third kappa shape index (κ3) is 3.90. The fourth-order valence-electron chi connectivity index (χ4n) is 3.46. The minimum atomic E-state index is -4.06. The number of rotatable bonds is 5. The minimum Gasteiger partial charge on any atom is -0.322 e. The maximum absolute atomic E-state index is 13.0. The van der Waals surface area contributed by atoms with Gasteiger partial charge < -0.3 is 25.3 Å². The van der Waals surface area contributed by atoms with Gasteiger partial charge in [-0.3, -0.25) is 9.52 Å². The summed E-state index contributed by atoms with van der Waals surface area (Å²) in [6.45, 7) is 0. The normalized spacial score (nSPS) is 11.6. The standard InChI is InChI=1S/C21H16N6O5S/c28-19(22-11-5-7-15-17(9-11)25-20(29)23-15)13-3-1-2-4-14(13)27-33(31,32)12-6-8-16-18(10-12)26-21(30)24-16/h1-10,27H,(H,22,28)(H2,23,25,29)(H2,24,26,30). The first-order chi connectivity index (χ1) is 15.8. The second-order valence-corrected chi connectivity index (χ2v) is 8.91. The number of carbonyl (C=O) groups excluding carboxylic acids is 1. The first-order valence-electron chi connectivity index (χ1n) is 9.66. The van der Waals surface area contributed by atoms with Crippen LogP contribution in [-0.2, 0) is 10.0 Å². The van der Waals surface area contributed by atoms with E-state index in [4.69, 9.17) is 0 Å². The maximum Gasteiger partial charge on any atom is 0.323 e. The molecule has 1 amide bonds. The number of amides is 1. The van der Waals surface area contributed by atoms with Gasteiger partial charge in [-0.25, -0.2) is 18.0 Å². The van der Waals surface area contributed by atoms with Gasteiger partial charge in [0.15, 0.2) is 0 Å². The van der Waals surface area contributed by atoms with Gasteiger partial charge in [0.05, 0.1) is 38.2 Å². The zero-order valence-electron chi connectivity index (χ0n) is 16.7. The van der Waals surface area contributed by atoms with Crippen molar-refractivity contribution in [2.75, 3.05) is 10.0 Å². The Hall–Kier alpha value is -4.58. The topological polar surface area (TPSA) is 173 Å². The third-order valence-corrected chi connectivity index (χ3v) is 6.35. The van der Waals surface area contributed by atoms with Crippen molar-refractivity contribution in [3.8, 4) is 0 Å². The number of nitrogens with one attached hydrogen (secondary N) is 6. The average molecular weight is 464 g/mol. The van der Waals surface area contributed by atoms with Crippen LogP contribution in [0.5, 0.6) is 0 Å². The molecule has 5 aromatic rings. The van der Waals surface area contributed by atoms with E-state index in [1.54, 1.807) is 30.3 Å². The summed E-state index contributed by atoms with van der Waals surface area (Å²) in [4.78, 5) is 46.0. The van der Waals surface area contributed by atoms with Crippen molar-refractivity contribution in [3.05, 3.63) is 87.2 Å². The molecule has 5 rings (SSSR count). The molecule has 2 aromatic heterocycles. The quantitative estimate of drug-likeness (QED) is 0.233. The number of carbonyl (C=O) groups is 1. The lowest BCUT2D eigenvalue weighted by Gasteiger charge is -2.13. The summed E-state index contributed by atoms with van der Waals surface area (Å²) in [7, 11) is -4.06. The highest BCUT2D eigenvalue weighted by Crippen LogP contribution is 2.23. The molecule has 33 heavy (non-hydrogen) atoms. The molecule has 11 nitrogen and oxygen atoms in total. The molecule has 6 N–H and O–H groups in total. The Labute approximate surface area is 184 Å². The van der Waals surface area contributed by atoms with E-state index in [0.29, 0.717) is 27.8 Å². The lowest BCUT2D eigenvalue weighted by molar-refractivity contribution is 0.102. The number of para-hydroxylation sites is 1. The van der Waals surface area contributed by atoms with Crippen molar-refractivity contribution in [2.45, 2.75) is 4.90 Å². The average Bonchev–Trinajstić information content (AvgIpc) is 3.33. The highest BCUT2D eigenvalue weighted by Gasteiger charge is 2.20. The van der Waals surface area contributed by atoms with Gasteiger partial charge in [-0.15, -0.1) is 0 Å². The molecule has 0 atom stereocenters. The summed E-state index contributed by atoms with van der Waals surface area (Å²) >= 11 is 0. The van der Waals surface area contributed by atoms with Crippen LogP contribution in [0.4, 0.5) is 11.4 Å². The first-order valence-corrected chi connectivity index (χ1v) is 11.1. The fraction of sp³-hybridized carbons (Fsp3) is 0. The number of aromatic amines is 4. The molecule has 0 aliphatic rings. The molecule has 0 spiro atoms.